The lowest BCUT2D eigenvalue weighted by atomic mass is 10.2. The van der Waals surface area contributed by atoms with Crippen LogP contribution in [0.25, 0.3) is 11.2 Å². The molecule has 0 aliphatic rings. The minimum absolute atomic E-state index is 0.146. The minimum Gasteiger partial charge on any atom is -0.467 e. The van der Waals surface area contributed by atoms with Gasteiger partial charge in [0.1, 0.15) is 11.3 Å². The molecule has 0 atom stereocenters. The van der Waals surface area contributed by atoms with Crippen LogP contribution >= 0.6 is 0 Å². The molecule has 0 aliphatic carbocycles. The summed E-state index contributed by atoms with van der Waals surface area (Å²) in [6, 6.07) is 11.1. The number of pyridine rings is 2. The van der Waals surface area contributed by atoms with Crippen molar-refractivity contribution < 1.29 is 9.21 Å². The number of nitrogens with zero attached hydrogens (tertiary/aromatic N) is 5. The van der Waals surface area contributed by atoms with Gasteiger partial charge < -0.3 is 13.9 Å². The number of aromatic nitrogens is 4. The number of carbonyl (C=O) groups excluding carboxylic acids is 1. The van der Waals surface area contributed by atoms with Gasteiger partial charge >= 0.3 is 0 Å². The third kappa shape index (κ3) is 3.19. The first-order valence-corrected chi connectivity index (χ1v) is 8.19. The normalized spacial score (nSPS) is 11.0. The summed E-state index contributed by atoms with van der Waals surface area (Å²) in [6.45, 7) is 0.725. The number of rotatable bonds is 5. The Morgan fingerprint density at radius 3 is 2.85 bits per heavy atom. The van der Waals surface area contributed by atoms with Crippen molar-refractivity contribution in [1.82, 2.24) is 24.4 Å². The lowest BCUT2D eigenvalue weighted by molar-refractivity contribution is 0.0715. The molecule has 0 spiro atoms. The Morgan fingerprint density at radius 2 is 2.08 bits per heavy atom. The summed E-state index contributed by atoms with van der Waals surface area (Å²) in [7, 11) is 1.87. The first-order valence-electron chi connectivity index (χ1n) is 8.19. The third-order valence-corrected chi connectivity index (χ3v) is 4.09. The Morgan fingerprint density at radius 1 is 1.15 bits per heavy atom. The van der Waals surface area contributed by atoms with Crippen molar-refractivity contribution in [3.8, 4) is 0 Å². The molecule has 0 N–H and O–H groups in total. The highest BCUT2D eigenvalue weighted by atomic mass is 16.3. The number of hydrogen-bond acceptors (Lipinski definition) is 5. The summed E-state index contributed by atoms with van der Waals surface area (Å²) in [5, 5.41) is 0. The summed E-state index contributed by atoms with van der Waals surface area (Å²) < 4.78 is 7.23. The zero-order valence-electron chi connectivity index (χ0n) is 14.2. The molecule has 4 rings (SSSR count). The topological polar surface area (TPSA) is 77.0 Å². The van der Waals surface area contributed by atoms with Crippen LogP contribution in [0.5, 0.6) is 0 Å². The maximum Gasteiger partial charge on any atom is 0.256 e. The number of aryl methyl sites for hydroxylation is 1. The van der Waals surface area contributed by atoms with Crippen LogP contribution in [0, 0.1) is 0 Å². The van der Waals surface area contributed by atoms with Crippen LogP contribution in [0.4, 0.5) is 0 Å². The smallest absolute Gasteiger partial charge is 0.256 e. The van der Waals surface area contributed by atoms with Crippen molar-refractivity contribution in [2.75, 3.05) is 0 Å². The molecule has 4 aromatic rings. The van der Waals surface area contributed by atoms with E-state index in [0.717, 1.165) is 11.3 Å². The number of hydrogen-bond donors (Lipinski definition) is 0. The van der Waals surface area contributed by atoms with Crippen molar-refractivity contribution in [2.45, 2.75) is 13.1 Å². The van der Waals surface area contributed by atoms with Crippen LogP contribution in [-0.4, -0.2) is 30.3 Å². The van der Waals surface area contributed by atoms with Gasteiger partial charge in [-0.15, -0.1) is 0 Å². The molecule has 0 aliphatic heterocycles. The van der Waals surface area contributed by atoms with E-state index < -0.39 is 0 Å². The zero-order chi connectivity index (χ0) is 17.9. The molecule has 0 aromatic carbocycles. The van der Waals surface area contributed by atoms with E-state index in [0.29, 0.717) is 29.9 Å². The van der Waals surface area contributed by atoms with Gasteiger partial charge in [0, 0.05) is 19.4 Å². The van der Waals surface area contributed by atoms with Gasteiger partial charge in [0.15, 0.2) is 5.65 Å². The molecular formula is C19H17N5O2. The van der Waals surface area contributed by atoms with Crippen molar-refractivity contribution in [3.05, 3.63) is 78.4 Å². The second-order valence-corrected chi connectivity index (χ2v) is 5.98. The second kappa shape index (κ2) is 6.79. The summed E-state index contributed by atoms with van der Waals surface area (Å²) >= 11 is 0. The fourth-order valence-corrected chi connectivity index (χ4v) is 2.79. The summed E-state index contributed by atoms with van der Waals surface area (Å²) in [4.78, 5) is 27.8. The molecule has 0 fully saturated rings. The zero-order valence-corrected chi connectivity index (χ0v) is 14.2. The number of furan rings is 1. The first kappa shape index (κ1) is 16.0. The molecular weight excluding hydrogens is 330 g/mol. The molecule has 0 saturated heterocycles. The molecule has 0 unspecified atom stereocenters. The monoisotopic (exact) mass is 347 g/mol. The van der Waals surface area contributed by atoms with E-state index in [1.54, 1.807) is 42.0 Å². The highest BCUT2D eigenvalue weighted by Crippen LogP contribution is 2.16. The summed E-state index contributed by atoms with van der Waals surface area (Å²) in [5.41, 5.74) is 2.72. The molecule has 4 heterocycles. The van der Waals surface area contributed by atoms with E-state index in [4.69, 9.17) is 4.42 Å². The Kier molecular flexibility index (Phi) is 4.18. The maximum absolute atomic E-state index is 13.1. The van der Waals surface area contributed by atoms with Crippen molar-refractivity contribution in [2.24, 2.45) is 7.05 Å². The highest BCUT2D eigenvalue weighted by molar-refractivity contribution is 5.96. The second-order valence-electron chi connectivity index (χ2n) is 5.98. The quantitative estimate of drug-likeness (QED) is 0.555. The average molecular weight is 347 g/mol. The fraction of sp³-hybridized carbons (Fsp3) is 0.158. The number of fused-ring (bicyclic) bond motifs is 1. The standard InChI is InChI=1S/C19H17N5O2/c1-23-13-22-17-9-14(10-21-18(17)23)19(25)24(12-16-6-4-8-26-16)11-15-5-2-3-7-20-15/h2-10,13H,11-12H2,1H3. The van der Waals surface area contributed by atoms with E-state index in [2.05, 4.69) is 15.0 Å². The minimum atomic E-state index is -0.146. The predicted octanol–water partition coefficient (Wildman–Crippen LogP) is 2.80. The summed E-state index contributed by atoms with van der Waals surface area (Å²) in [5.74, 6) is 0.563. The lowest BCUT2D eigenvalue weighted by Gasteiger charge is -2.21. The van der Waals surface area contributed by atoms with Crippen LogP contribution in [-0.2, 0) is 20.1 Å². The Bertz CT molecular complexity index is 1020. The van der Waals surface area contributed by atoms with Crippen molar-refractivity contribution >= 4 is 17.1 Å². The van der Waals surface area contributed by atoms with Gasteiger partial charge in [-0.1, -0.05) is 6.07 Å². The maximum atomic E-state index is 13.1. The van der Waals surface area contributed by atoms with Gasteiger partial charge in [0.05, 0.1) is 36.9 Å². The van der Waals surface area contributed by atoms with Crippen LogP contribution in [0.2, 0.25) is 0 Å². The van der Waals surface area contributed by atoms with E-state index in [1.807, 2.05) is 35.9 Å². The average Bonchev–Trinajstić information content (AvgIpc) is 3.31. The molecule has 0 bridgehead atoms. The van der Waals surface area contributed by atoms with E-state index in [9.17, 15) is 4.79 Å². The SMILES string of the molecule is Cn1cnc2cc(C(=O)N(Cc3ccccn3)Cc3ccco3)cnc21. The van der Waals surface area contributed by atoms with Crippen LogP contribution in [0.3, 0.4) is 0 Å². The third-order valence-electron chi connectivity index (χ3n) is 4.09. The molecule has 1 amide bonds. The molecule has 130 valence electrons. The van der Waals surface area contributed by atoms with Crippen LogP contribution in [0.1, 0.15) is 21.8 Å². The largest absolute Gasteiger partial charge is 0.467 e. The lowest BCUT2D eigenvalue weighted by Crippen LogP contribution is -2.30. The molecule has 0 radical (unpaired) electrons. The molecule has 4 aromatic heterocycles. The molecule has 0 saturated carbocycles. The summed E-state index contributed by atoms with van der Waals surface area (Å²) in [6.07, 6.45) is 6.58. The van der Waals surface area contributed by atoms with Gasteiger partial charge in [0.25, 0.3) is 5.91 Å². The van der Waals surface area contributed by atoms with Gasteiger partial charge in [-0.3, -0.25) is 9.78 Å². The fourth-order valence-electron chi connectivity index (χ4n) is 2.79. The Hall–Kier alpha value is -3.48. The number of amides is 1. The van der Waals surface area contributed by atoms with Crippen molar-refractivity contribution in [1.29, 1.82) is 0 Å². The molecule has 7 heteroatoms. The van der Waals surface area contributed by atoms with Crippen LogP contribution < -0.4 is 0 Å². The van der Waals surface area contributed by atoms with Crippen molar-refractivity contribution in [3.63, 3.8) is 0 Å². The molecule has 26 heavy (non-hydrogen) atoms. The van der Waals surface area contributed by atoms with Gasteiger partial charge in [-0.05, 0) is 30.3 Å². The number of carbonyl (C=O) groups is 1. The predicted molar refractivity (Wildman–Crippen MR) is 95.0 cm³/mol. The van der Waals surface area contributed by atoms with E-state index in [-0.39, 0.29) is 5.91 Å². The van der Waals surface area contributed by atoms with E-state index in [1.165, 1.54) is 0 Å². The Balaban J connectivity index is 1.65. The van der Waals surface area contributed by atoms with Gasteiger partial charge in [-0.25, -0.2) is 9.97 Å². The highest BCUT2D eigenvalue weighted by Gasteiger charge is 2.19. The molecule has 7 nitrogen and oxygen atoms in total. The Labute approximate surface area is 149 Å². The first-order chi connectivity index (χ1) is 12.7. The van der Waals surface area contributed by atoms with Crippen LogP contribution in [0.15, 0.2) is 65.8 Å². The van der Waals surface area contributed by atoms with Gasteiger partial charge in [-0.2, -0.15) is 0 Å². The van der Waals surface area contributed by atoms with E-state index >= 15 is 0 Å². The van der Waals surface area contributed by atoms with Gasteiger partial charge in [0.2, 0.25) is 0 Å². The number of imidazole rings is 1.